The van der Waals surface area contributed by atoms with Gasteiger partial charge in [-0.3, -0.25) is 0 Å². The van der Waals surface area contributed by atoms with Gasteiger partial charge in [-0.1, -0.05) is 32.6 Å². The Balaban J connectivity index is 2.14. The Kier molecular flexibility index (Phi) is 6.32. The van der Waals surface area contributed by atoms with E-state index in [-0.39, 0.29) is 0 Å². The maximum Gasteiger partial charge on any atom is 0.0771 e. The van der Waals surface area contributed by atoms with Crippen LogP contribution in [0.4, 0.5) is 0 Å². The number of rotatable bonds is 6. The van der Waals surface area contributed by atoms with E-state index in [1.807, 2.05) is 0 Å². The Morgan fingerprint density at radius 2 is 1.81 bits per heavy atom. The van der Waals surface area contributed by atoms with Crippen LogP contribution in [0.15, 0.2) is 0 Å². The molecular weight excluding hydrogens is 200 g/mol. The Bertz CT molecular complexity index is 177. The zero-order valence-electron chi connectivity index (χ0n) is 11.0. The molecule has 0 radical (unpaired) electrons. The second kappa shape index (κ2) is 7.25. The lowest BCUT2D eigenvalue weighted by atomic mass is 9.94. The molecule has 0 aliphatic heterocycles. The van der Waals surface area contributed by atoms with Crippen LogP contribution in [-0.2, 0) is 0 Å². The summed E-state index contributed by atoms with van der Waals surface area (Å²) in [5.41, 5.74) is -0.429. The second-order valence-corrected chi connectivity index (χ2v) is 5.21. The van der Waals surface area contributed by atoms with Crippen molar-refractivity contribution in [1.82, 2.24) is 10.2 Å². The lowest BCUT2D eigenvalue weighted by Crippen LogP contribution is -2.42. The molecule has 0 aromatic heterocycles. The summed E-state index contributed by atoms with van der Waals surface area (Å²) in [5, 5.41) is 13.8. The minimum Gasteiger partial charge on any atom is -0.389 e. The highest BCUT2D eigenvalue weighted by Gasteiger charge is 2.27. The highest BCUT2D eigenvalue weighted by molar-refractivity contribution is 4.83. The maximum atomic E-state index is 10.4. The minimum atomic E-state index is -0.429. The molecule has 2 N–H and O–H groups in total. The third-order valence-electron chi connectivity index (χ3n) is 3.70. The van der Waals surface area contributed by atoms with E-state index < -0.39 is 5.60 Å². The summed E-state index contributed by atoms with van der Waals surface area (Å²) in [5.74, 6) is 0. The molecule has 96 valence electrons. The van der Waals surface area contributed by atoms with Gasteiger partial charge < -0.3 is 15.3 Å². The van der Waals surface area contributed by atoms with E-state index in [9.17, 15) is 5.11 Å². The first-order valence-corrected chi connectivity index (χ1v) is 6.78. The fourth-order valence-electron chi connectivity index (χ4n) is 2.31. The molecule has 16 heavy (non-hydrogen) atoms. The van der Waals surface area contributed by atoms with Crippen LogP contribution in [0.3, 0.4) is 0 Å². The monoisotopic (exact) mass is 228 g/mol. The van der Waals surface area contributed by atoms with Gasteiger partial charge in [0.15, 0.2) is 0 Å². The Hall–Kier alpha value is -0.120. The number of hydrogen-bond donors (Lipinski definition) is 2. The van der Waals surface area contributed by atoms with Crippen LogP contribution >= 0.6 is 0 Å². The quantitative estimate of drug-likeness (QED) is 0.535. The number of nitrogens with one attached hydrogen (secondary N) is 1. The molecule has 0 unspecified atom stereocenters. The molecule has 0 amide bonds. The molecule has 3 nitrogen and oxygen atoms in total. The van der Waals surface area contributed by atoms with Gasteiger partial charge in [-0.25, -0.2) is 0 Å². The van der Waals surface area contributed by atoms with E-state index in [1.54, 1.807) is 0 Å². The van der Waals surface area contributed by atoms with Gasteiger partial charge in [0.2, 0.25) is 0 Å². The zero-order chi connectivity index (χ0) is 11.9. The Morgan fingerprint density at radius 3 is 2.38 bits per heavy atom. The molecule has 0 saturated heterocycles. The van der Waals surface area contributed by atoms with Crippen LogP contribution in [0.1, 0.15) is 45.4 Å². The first-order valence-electron chi connectivity index (χ1n) is 6.78. The third kappa shape index (κ3) is 5.28. The standard InChI is InChI=1S/C13H28N2O/c1-3-15(2)11-10-14-12-13(16)8-6-4-5-7-9-13/h14,16H,3-12H2,1-2H3. The highest BCUT2D eigenvalue weighted by atomic mass is 16.3. The van der Waals surface area contributed by atoms with Gasteiger partial charge in [0.05, 0.1) is 5.60 Å². The predicted molar refractivity (Wildman–Crippen MR) is 68.7 cm³/mol. The van der Waals surface area contributed by atoms with Gasteiger partial charge >= 0.3 is 0 Å². The molecule has 0 aromatic rings. The van der Waals surface area contributed by atoms with Crippen LogP contribution in [-0.4, -0.2) is 48.8 Å². The van der Waals surface area contributed by atoms with E-state index >= 15 is 0 Å². The molecule has 0 bridgehead atoms. The van der Waals surface area contributed by atoms with Crippen molar-refractivity contribution in [2.24, 2.45) is 0 Å². The fourth-order valence-corrected chi connectivity index (χ4v) is 2.31. The van der Waals surface area contributed by atoms with Gasteiger partial charge in [-0.05, 0) is 26.4 Å². The van der Waals surface area contributed by atoms with Crippen molar-refractivity contribution in [2.75, 3.05) is 33.2 Å². The summed E-state index contributed by atoms with van der Waals surface area (Å²) in [6.07, 6.45) is 6.91. The molecule has 0 atom stereocenters. The maximum absolute atomic E-state index is 10.4. The molecule has 1 fully saturated rings. The fraction of sp³-hybridized carbons (Fsp3) is 1.00. The smallest absolute Gasteiger partial charge is 0.0771 e. The predicted octanol–water partition coefficient (Wildman–Crippen LogP) is 1.61. The summed E-state index contributed by atoms with van der Waals surface area (Å²) in [7, 11) is 2.13. The lowest BCUT2D eigenvalue weighted by Gasteiger charge is -2.27. The SMILES string of the molecule is CCN(C)CCNCC1(O)CCCCCC1. The van der Waals surface area contributed by atoms with Crippen molar-refractivity contribution in [2.45, 2.75) is 51.0 Å². The van der Waals surface area contributed by atoms with Crippen LogP contribution < -0.4 is 5.32 Å². The molecule has 0 aromatic carbocycles. The molecule has 1 saturated carbocycles. The van der Waals surface area contributed by atoms with Crippen molar-refractivity contribution in [3.63, 3.8) is 0 Å². The largest absolute Gasteiger partial charge is 0.389 e. The van der Waals surface area contributed by atoms with Crippen molar-refractivity contribution in [3.05, 3.63) is 0 Å². The summed E-state index contributed by atoms with van der Waals surface area (Å²) in [6.45, 7) is 6.06. The van der Waals surface area contributed by atoms with Gasteiger partial charge in [-0.2, -0.15) is 0 Å². The van der Waals surface area contributed by atoms with Crippen LogP contribution in [0, 0.1) is 0 Å². The average Bonchev–Trinajstić information content (AvgIpc) is 2.50. The molecular formula is C13H28N2O. The summed E-state index contributed by atoms with van der Waals surface area (Å²) >= 11 is 0. The molecule has 1 rings (SSSR count). The second-order valence-electron chi connectivity index (χ2n) is 5.21. The first-order chi connectivity index (χ1) is 7.66. The topological polar surface area (TPSA) is 35.5 Å². The molecule has 0 heterocycles. The summed E-state index contributed by atoms with van der Waals surface area (Å²) in [6, 6.07) is 0. The molecule has 1 aliphatic rings. The van der Waals surface area contributed by atoms with Crippen molar-refractivity contribution in [3.8, 4) is 0 Å². The van der Waals surface area contributed by atoms with E-state index in [2.05, 4.69) is 24.2 Å². The third-order valence-corrected chi connectivity index (χ3v) is 3.70. The molecule has 1 aliphatic carbocycles. The lowest BCUT2D eigenvalue weighted by molar-refractivity contribution is 0.0251. The average molecular weight is 228 g/mol. The number of likely N-dealkylation sites (N-methyl/N-ethyl adjacent to an activating group) is 1. The van der Waals surface area contributed by atoms with Crippen molar-refractivity contribution in [1.29, 1.82) is 0 Å². The van der Waals surface area contributed by atoms with Crippen LogP contribution in [0.2, 0.25) is 0 Å². The van der Waals surface area contributed by atoms with Gasteiger partial charge in [0, 0.05) is 19.6 Å². The zero-order valence-corrected chi connectivity index (χ0v) is 11.0. The molecule has 3 heteroatoms. The highest BCUT2D eigenvalue weighted by Crippen LogP contribution is 2.26. The van der Waals surface area contributed by atoms with E-state index in [1.165, 1.54) is 25.7 Å². The van der Waals surface area contributed by atoms with Gasteiger partial charge in [-0.15, -0.1) is 0 Å². The summed E-state index contributed by atoms with van der Waals surface area (Å²) in [4.78, 5) is 2.28. The Labute approximate surface area is 100 Å². The van der Waals surface area contributed by atoms with Crippen LogP contribution in [0.5, 0.6) is 0 Å². The minimum absolute atomic E-state index is 0.429. The number of nitrogens with zero attached hydrogens (tertiary/aromatic N) is 1. The first kappa shape index (κ1) is 13.9. The van der Waals surface area contributed by atoms with Crippen molar-refractivity contribution < 1.29 is 5.11 Å². The van der Waals surface area contributed by atoms with Gasteiger partial charge in [0.1, 0.15) is 0 Å². The van der Waals surface area contributed by atoms with Crippen molar-refractivity contribution >= 4 is 0 Å². The van der Waals surface area contributed by atoms with E-state index in [0.29, 0.717) is 0 Å². The Morgan fingerprint density at radius 1 is 1.19 bits per heavy atom. The summed E-state index contributed by atoms with van der Waals surface area (Å²) < 4.78 is 0. The number of hydrogen-bond acceptors (Lipinski definition) is 3. The number of aliphatic hydroxyl groups is 1. The molecule has 0 spiro atoms. The normalized spacial score (nSPS) is 21.0. The van der Waals surface area contributed by atoms with Gasteiger partial charge in [0.25, 0.3) is 0 Å². The van der Waals surface area contributed by atoms with E-state index in [0.717, 1.165) is 39.0 Å². The van der Waals surface area contributed by atoms with E-state index in [4.69, 9.17) is 0 Å². The van der Waals surface area contributed by atoms with Crippen LogP contribution in [0.25, 0.3) is 0 Å².